The molecule has 1 aliphatic heterocycles. The lowest BCUT2D eigenvalue weighted by Gasteiger charge is -2.30. The van der Waals surface area contributed by atoms with Crippen LogP contribution in [0.3, 0.4) is 0 Å². The van der Waals surface area contributed by atoms with E-state index in [-0.39, 0.29) is 11.2 Å². The van der Waals surface area contributed by atoms with Crippen molar-refractivity contribution in [3.05, 3.63) is 65.2 Å². The second-order valence-corrected chi connectivity index (χ2v) is 9.49. The second-order valence-electron chi connectivity index (χ2n) is 7.16. The first-order valence-corrected chi connectivity index (χ1v) is 11.6. The van der Waals surface area contributed by atoms with E-state index in [1.165, 1.54) is 28.7 Å². The van der Waals surface area contributed by atoms with Crippen molar-refractivity contribution < 1.29 is 9.53 Å². The quantitative estimate of drug-likeness (QED) is 0.566. The largest absolute Gasteiger partial charge is 0.378 e. The van der Waals surface area contributed by atoms with Gasteiger partial charge in [-0.05, 0) is 31.0 Å². The number of hydrogen-bond donors (Lipinski definition) is 1. The van der Waals surface area contributed by atoms with Gasteiger partial charge in [-0.3, -0.25) is 4.79 Å². The van der Waals surface area contributed by atoms with Gasteiger partial charge in [-0.2, -0.15) is 0 Å². The van der Waals surface area contributed by atoms with Crippen LogP contribution in [0, 0.1) is 13.8 Å². The average Bonchev–Trinajstić information content (AvgIpc) is 3.22. The molecule has 0 radical (unpaired) electrons. The molecule has 0 bridgehead atoms. The maximum Gasteiger partial charge on any atom is 0.240 e. The molecule has 1 saturated heterocycles. The van der Waals surface area contributed by atoms with Crippen LogP contribution in [0.4, 0.5) is 10.8 Å². The van der Waals surface area contributed by atoms with Gasteiger partial charge >= 0.3 is 0 Å². The molecule has 1 aromatic heterocycles. The minimum atomic E-state index is -0.355. The van der Waals surface area contributed by atoms with Crippen LogP contribution < -0.4 is 5.32 Å². The normalized spacial score (nSPS) is 15.1. The fourth-order valence-electron chi connectivity index (χ4n) is 3.32. The van der Waals surface area contributed by atoms with E-state index in [0.29, 0.717) is 26.3 Å². The number of nitrogens with one attached hydrogen (secondary N) is 1. The van der Waals surface area contributed by atoms with E-state index in [0.717, 1.165) is 26.3 Å². The first-order chi connectivity index (χ1) is 14.6. The van der Waals surface area contributed by atoms with Crippen LogP contribution in [-0.4, -0.2) is 47.3 Å². The molecule has 6 nitrogen and oxygen atoms in total. The number of carbonyl (C=O) groups is 1. The van der Waals surface area contributed by atoms with Gasteiger partial charge in [-0.1, -0.05) is 71.1 Å². The van der Waals surface area contributed by atoms with Crippen molar-refractivity contribution in [3.63, 3.8) is 0 Å². The van der Waals surface area contributed by atoms with Crippen LogP contribution >= 0.6 is 23.1 Å². The SMILES string of the molecule is Cc1ccc(Nc2nnc(S[C@H](C(=O)N3CCOCC3)c3ccccc3)s2)c(C)c1. The molecule has 2 heterocycles. The second kappa shape index (κ2) is 9.59. The van der Waals surface area contributed by atoms with Gasteiger partial charge in [0.15, 0.2) is 4.34 Å². The summed E-state index contributed by atoms with van der Waals surface area (Å²) < 4.78 is 6.16. The number of carbonyl (C=O) groups excluding carboxylic acids is 1. The summed E-state index contributed by atoms with van der Waals surface area (Å²) in [6.45, 7) is 6.56. The maximum absolute atomic E-state index is 13.3. The molecular formula is C22H24N4O2S2. The lowest BCUT2D eigenvalue weighted by molar-refractivity contribution is -0.134. The van der Waals surface area contributed by atoms with Gasteiger partial charge in [0, 0.05) is 18.8 Å². The number of thioether (sulfide) groups is 1. The molecule has 1 amide bonds. The standard InChI is InChI=1S/C22H24N4O2S2/c1-15-8-9-18(16(2)14-15)23-21-24-25-22(30-21)29-19(17-6-4-3-5-7-17)20(27)26-10-12-28-13-11-26/h3-9,14,19H,10-13H2,1-2H3,(H,23,24)/t19-/m0/s1. The zero-order chi connectivity index (χ0) is 20.9. The summed E-state index contributed by atoms with van der Waals surface area (Å²) in [4.78, 5) is 15.1. The predicted octanol–water partition coefficient (Wildman–Crippen LogP) is 4.59. The van der Waals surface area contributed by atoms with Crippen molar-refractivity contribution in [2.75, 3.05) is 31.6 Å². The minimum Gasteiger partial charge on any atom is -0.378 e. The number of amides is 1. The Morgan fingerprint density at radius 3 is 2.63 bits per heavy atom. The smallest absolute Gasteiger partial charge is 0.240 e. The Hall–Kier alpha value is -2.42. The van der Waals surface area contributed by atoms with Crippen LogP contribution in [0.1, 0.15) is 21.9 Å². The number of aromatic nitrogens is 2. The molecular weight excluding hydrogens is 416 g/mol. The van der Waals surface area contributed by atoms with Crippen LogP contribution in [0.5, 0.6) is 0 Å². The predicted molar refractivity (Wildman–Crippen MR) is 122 cm³/mol. The number of aryl methyl sites for hydroxylation is 2. The number of morpholine rings is 1. The third-order valence-corrected chi connectivity index (χ3v) is 7.06. The summed E-state index contributed by atoms with van der Waals surface area (Å²) in [5, 5.41) is 12.3. The third kappa shape index (κ3) is 5.00. The third-order valence-electron chi connectivity index (χ3n) is 4.90. The lowest BCUT2D eigenvalue weighted by Crippen LogP contribution is -2.42. The van der Waals surface area contributed by atoms with Crippen LogP contribution in [0.2, 0.25) is 0 Å². The van der Waals surface area contributed by atoms with Crippen molar-refractivity contribution in [3.8, 4) is 0 Å². The molecule has 156 valence electrons. The van der Waals surface area contributed by atoms with Crippen molar-refractivity contribution in [1.82, 2.24) is 15.1 Å². The zero-order valence-corrected chi connectivity index (χ0v) is 18.6. The Bertz CT molecular complexity index is 1000. The number of rotatable bonds is 6. The van der Waals surface area contributed by atoms with E-state index in [4.69, 9.17) is 4.74 Å². The number of hydrogen-bond acceptors (Lipinski definition) is 7. The van der Waals surface area contributed by atoms with Gasteiger partial charge < -0.3 is 15.0 Å². The molecule has 1 aliphatic rings. The molecule has 3 aromatic rings. The molecule has 0 saturated carbocycles. The van der Waals surface area contributed by atoms with Crippen LogP contribution in [0.25, 0.3) is 0 Å². The Morgan fingerprint density at radius 1 is 1.13 bits per heavy atom. The Morgan fingerprint density at radius 2 is 1.90 bits per heavy atom. The van der Waals surface area contributed by atoms with Gasteiger partial charge in [-0.25, -0.2) is 0 Å². The number of anilines is 2. The maximum atomic E-state index is 13.3. The summed E-state index contributed by atoms with van der Waals surface area (Å²) in [7, 11) is 0. The monoisotopic (exact) mass is 440 g/mol. The molecule has 1 fully saturated rings. The van der Waals surface area contributed by atoms with Crippen LogP contribution in [-0.2, 0) is 9.53 Å². The molecule has 2 aromatic carbocycles. The Balaban J connectivity index is 1.52. The molecule has 0 spiro atoms. The number of benzene rings is 2. The molecule has 1 atom stereocenters. The molecule has 30 heavy (non-hydrogen) atoms. The van der Waals surface area contributed by atoms with E-state index >= 15 is 0 Å². The van der Waals surface area contributed by atoms with E-state index in [9.17, 15) is 4.79 Å². The van der Waals surface area contributed by atoms with E-state index in [1.54, 1.807) is 0 Å². The zero-order valence-electron chi connectivity index (χ0n) is 17.0. The first kappa shape index (κ1) is 20.8. The van der Waals surface area contributed by atoms with Crippen molar-refractivity contribution in [1.29, 1.82) is 0 Å². The van der Waals surface area contributed by atoms with E-state index in [1.807, 2.05) is 41.3 Å². The molecule has 0 unspecified atom stereocenters. The van der Waals surface area contributed by atoms with E-state index in [2.05, 4.69) is 41.5 Å². The van der Waals surface area contributed by atoms with E-state index < -0.39 is 0 Å². The van der Waals surface area contributed by atoms with Gasteiger partial charge in [0.05, 0.1) is 13.2 Å². The Labute approximate surface area is 184 Å². The highest BCUT2D eigenvalue weighted by atomic mass is 32.2. The minimum absolute atomic E-state index is 0.0913. The topological polar surface area (TPSA) is 67.4 Å². The summed E-state index contributed by atoms with van der Waals surface area (Å²) >= 11 is 2.92. The molecule has 4 rings (SSSR count). The average molecular weight is 441 g/mol. The highest BCUT2D eigenvalue weighted by Crippen LogP contribution is 2.39. The van der Waals surface area contributed by atoms with Gasteiger partial charge in [0.25, 0.3) is 0 Å². The van der Waals surface area contributed by atoms with Crippen molar-refractivity contribution >= 4 is 39.8 Å². The number of nitrogens with zero attached hydrogens (tertiary/aromatic N) is 3. The molecule has 8 heteroatoms. The fourth-order valence-corrected chi connectivity index (χ4v) is 5.36. The van der Waals surface area contributed by atoms with Gasteiger partial charge in [0.2, 0.25) is 11.0 Å². The van der Waals surface area contributed by atoms with Crippen molar-refractivity contribution in [2.24, 2.45) is 0 Å². The van der Waals surface area contributed by atoms with Crippen molar-refractivity contribution in [2.45, 2.75) is 23.4 Å². The van der Waals surface area contributed by atoms with Gasteiger partial charge in [-0.15, -0.1) is 10.2 Å². The summed E-state index contributed by atoms with van der Waals surface area (Å²) in [5.41, 5.74) is 4.36. The molecule has 0 aliphatic carbocycles. The molecule has 1 N–H and O–H groups in total. The lowest BCUT2D eigenvalue weighted by atomic mass is 10.1. The summed E-state index contributed by atoms with van der Waals surface area (Å²) in [6, 6.07) is 16.1. The summed E-state index contributed by atoms with van der Waals surface area (Å²) in [5.74, 6) is 0.0913. The highest BCUT2D eigenvalue weighted by molar-refractivity contribution is 8.01. The van der Waals surface area contributed by atoms with Crippen LogP contribution in [0.15, 0.2) is 52.9 Å². The Kier molecular flexibility index (Phi) is 6.66. The highest BCUT2D eigenvalue weighted by Gasteiger charge is 2.29. The fraction of sp³-hybridized carbons (Fsp3) is 0.318. The summed E-state index contributed by atoms with van der Waals surface area (Å²) in [6.07, 6.45) is 0. The number of ether oxygens (including phenoxy) is 1. The van der Waals surface area contributed by atoms with Gasteiger partial charge in [0.1, 0.15) is 5.25 Å². The first-order valence-electron chi connectivity index (χ1n) is 9.86.